The molecule has 1 heterocycles. The molecular weight excluding hydrogens is 397 g/mol. The summed E-state index contributed by atoms with van der Waals surface area (Å²) in [6, 6.07) is 3.13. The van der Waals surface area contributed by atoms with Gasteiger partial charge in [-0.1, -0.05) is 13.8 Å². The summed E-state index contributed by atoms with van der Waals surface area (Å²) in [6.45, 7) is 7.63. The van der Waals surface area contributed by atoms with Gasteiger partial charge in [-0.15, -0.1) is 0 Å². The molecule has 1 aliphatic rings. The van der Waals surface area contributed by atoms with Crippen molar-refractivity contribution in [1.82, 2.24) is 10.2 Å². The highest BCUT2D eigenvalue weighted by Gasteiger charge is 2.33. The van der Waals surface area contributed by atoms with E-state index in [-0.39, 0.29) is 30.7 Å². The minimum Gasteiger partial charge on any atom is -0.368 e. The van der Waals surface area contributed by atoms with E-state index in [0.29, 0.717) is 43.9 Å². The Morgan fingerprint density at radius 2 is 1.80 bits per heavy atom. The van der Waals surface area contributed by atoms with Gasteiger partial charge >= 0.3 is 6.18 Å². The molecule has 1 aliphatic heterocycles. The highest BCUT2D eigenvalue weighted by Crippen LogP contribution is 2.37. The van der Waals surface area contributed by atoms with E-state index in [1.54, 1.807) is 4.90 Å². The van der Waals surface area contributed by atoms with Crippen molar-refractivity contribution >= 4 is 17.5 Å². The second-order valence-corrected chi connectivity index (χ2v) is 8.05. The number of amides is 2. The largest absolute Gasteiger partial charge is 0.416 e. The van der Waals surface area contributed by atoms with Crippen LogP contribution in [0.25, 0.3) is 0 Å². The lowest BCUT2D eigenvalue weighted by Gasteiger charge is -2.38. The van der Waals surface area contributed by atoms with Crippen molar-refractivity contribution < 1.29 is 22.8 Å². The van der Waals surface area contributed by atoms with Gasteiger partial charge in [0.25, 0.3) is 0 Å². The van der Waals surface area contributed by atoms with Gasteiger partial charge in [0.15, 0.2) is 0 Å². The number of benzene rings is 1. The third-order valence-corrected chi connectivity index (χ3v) is 5.21. The fourth-order valence-corrected chi connectivity index (χ4v) is 3.69. The molecule has 1 atom stereocenters. The Morgan fingerprint density at radius 1 is 1.17 bits per heavy atom. The molecule has 168 valence electrons. The van der Waals surface area contributed by atoms with Crippen LogP contribution in [0.4, 0.5) is 18.9 Å². The van der Waals surface area contributed by atoms with Gasteiger partial charge in [0.05, 0.1) is 11.6 Å². The molecule has 9 heteroatoms. The van der Waals surface area contributed by atoms with Crippen LogP contribution in [0.3, 0.4) is 0 Å². The summed E-state index contributed by atoms with van der Waals surface area (Å²) in [7, 11) is 0. The molecule has 0 saturated carbocycles. The summed E-state index contributed by atoms with van der Waals surface area (Å²) < 4.78 is 40.3. The lowest BCUT2D eigenvalue weighted by molar-refractivity contribution is -0.137. The maximum absolute atomic E-state index is 13.4. The molecule has 30 heavy (non-hydrogen) atoms. The van der Waals surface area contributed by atoms with Crippen molar-refractivity contribution in [2.45, 2.75) is 45.8 Å². The molecule has 2 rings (SSSR count). The van der Waals surface area contributed by atoms with Crippen molar-refractivity contribution in [3.8, 4) is 0 Å². The van der Waals surface area contributed by atoms with Gasteiger partial charge in [0, 0.05) is 51.8 Å². The van der Waals surface area contributed by atoms with Gasteiger partial charge in [0.2, 0.25) is 11.8 Å². The van der Waals surface area contributed by atoms with E-state index in [1.807, 2.05) is 18.7 Å². The van der Waals surface area contributed by atoms with Crippen molar-refractivity contribution in [1.29, 1.82) is 0 Å². The SMILES string of the molecule is CC(=O)N1CCN(c2ccc(C(F)(F)F)cc2C(CC(C)C)NC(=O)CCN)CC1. The van der Waals surface area contributed by atoms with Crippen LogP contribution in [0.5, 0.6) is 0 Å². The number of hydrogen-bond donors (Lipinski definition) is 2. The number of carbonyl (C=O) groups is 2. The Balaban J connectivity index is 2.43. The molecule has 6 nitrogen and oxygen atoms in total. The summed E-state index contributed by atoms with van der Waals surface area (Å²) in [5, 5.41) is 2.87. The molecule has 0 spiro atoms. The van der Waals surface area contributed by atoms with Crippen molar-refractivity contribution in [2.75, 3.05) is 37.6 Å². The zero-order chi connectivity index (χ0) is 22.5. The number of alkyl halides is 3. The number of nitrogens with zero attached hydrogens (tertiary/aromatic N) is 2. The first-order valence-corrected chi connectivity index (χ1v) is 10.2. The van der Waals surface area contributed by atoms with E-state index in [2.05, 4.69) is 5.32 Å². The third-order valence-electron chi connectivity index (χ3n) is 5.21. The Bertz CT molecular complexity index is 744. The first kappa shape index (κ1) is 24.0. The van der Waals surface area contributed by atoms with Crippen LogP contribution in [0.2, 0.25) is 0 Å². The average molecular weight is 428 g/mol. The fraction of sp³-hybridized carbons (Fsp3) is 0.619. The molecule has 1 aromatic carbocycles. The maximum Gasteiger partial charge on any atom is 0.416 e. The molecule has 0 aromatic heterocycles. The Labute approximate surface area is 175 Å². The van der Waals surface area contributed by atoms with Crippen LogP contribution in [0, 0.1) is 5.92 Å². The summed E-state index contributed by atoms with van der Waals surface area (Å²) in [5.74, 6) is -0.146. The lowest BCUT2D eigenvalue weighted by atomic mass is 9.93. The number of carbonyl (C=O) groups excluding carboxylic acids is 2. The van der Waals surface area contributed by atoms with Crippen molar-refractivity contribution in [3.05, 3.63) is 29.3 Å². The molecule has 1 saturated heterocycles. The van der Waals surface area contributed by atoms with Gasteiger partial charge in [0.1, 0.15) is 0 Å². The minimum absolute atomic E-state index is 0.0194. The number of anilines is 1. The summed E-state index contributed by atoms with van der Waals surface area (Å²) >= 11 is 0. The maximum atomic E-state index is 13.4. The van der Waals surface area contributed by atoms with Gasteiger partial charge in [-0.25, -0.2) is 0 Å². The van der Waals surface area contributed by atoms with Crippen molar-refractivity contribution in [3.63, 3.8) is 0 Å². The molecule has 1 aromatic rings. The zero-order valence-electron chi connectivity index (χ0n) is 17.8. The normalized spacial score (nSPS) is 16.0. The molecule has 3 N–H and O–H groups in total. The van der Waals surface area contributed by atoms with E-state index in [0.717, 1.165) is 12.1 Å². The van der Waals surface area contributed by atoms with Crippen LogP contribution in [-0.4, -0.2) is 49.4 Å². The van der Waals surface area contributed by atoms with Gasteiger partial charge in [-0.05, 0) is 36.1 Å². The second-order valence-electron chi connectivity index (χ2n) is 8.05. The Hall–Kier alpha value is -2.29. The number of halogens is 3. The Morgan fingerprint density at radius 3 is 2.30 bits per heavy atom. The molecule has 0 radical (unpaired) electrons. The topological polar surface area (TPSA) is 78.7 Å². The third kappa shape index (κ3) is 6.35. The number of nitrogens with two attached hydrogens (primary N) is 1. The first-order valence-electron chi connectivity index (χ1n) is 10.2. The van der Waals surface area contributed by atoms with E-state index in [1.165, 1.54) is 13.0 Å². The fourth-order valence-electron chi connectivity index (χ4n) is 3.69. The van der Waals surface area contributed by atoms with E-state index in [9.17, 15) is 22.8 Å². The standard InChI is InChI=1S/C21H31F3N4O2/c1-14(2)12-18(26-20(30)6-7-25)17-13-16(21(22,23)24)4-5-19(17)28-10-8-27(9-11-28)15(3)29/h4-5,13-14,18H,6-12,25H2,1-3H3,(H,26,30). The van der Waals surface area contributed by atoms with Crippen LogP contribution in [0.1, 0.15) is 50.8 Å². The molecule has 0 aliphatic carbocycles. The van der Waals surface area contributed by atoms with E-state index >= 15 is 0 Å². The predicted molar refractivity (Wildman–Crippen MR) is 110 cm³/mol. The molecule has 1 fully saturated rings. The van der Waals surface area contributed by atoms with Crippen LogP contribution < -0.4 is 16.0 Å². The van der Waals surface area contributed by atoms with E-state index < -0.39 is 17.8 Å². The van der Waals surface area contributed by atoms with Gasteiger partial charge in [-0.3, -0.25) is 9.59 Å². The Kier molecular flexibility index (Phi) is 8.11. The van der Waals surface area contributed by atoms with Crippen LogP contribution in [-0.2, 0) is 15.8 Å². The first-order chi connectivity index (χ1) is 14.0. The number of nitrogens with one attached hydrogen (secondary N) is 1. The predicted octanol–water partition coefficient (Wildman–Crippen LogP) is 2.93. The zero-order valence-corrected chi connectivity index (χ0v) is 17.8. The van der Waals surface area contributed by atoms with Crippen LogP contribution >= 0.6 is 0 Å². The number of rotatable bonds is 7. The minimum atomic E-state index is -4.48. The smallest absolute Gasteiger partial charge is 0.368 e. The number of piperazine rings is 1. The summed E-state index contributed by atoms with van der Waals surface area (Å²) in [6.07, 6.45) is -3.87. The van der Waals surface area contributed by atoms with Gasteiger partial charge in [-0.2, -0.15) is 13.2 Å². The molecular formula is C21H31F3N4O2. The molecule has 0 bridgehead atoms. The van der Waals surface area contributed by atoms with Gasteiger partial charge < -0.3 is 20.9 Å². The highest BCUT2D eigenvalue weighted by atomic mass is 19.4. The lowest BCUT2D eigenvalue weighted by Crippen LogP contribution is -2.48. The monoisotopic (exact) mass is 428 g/mol. The number of hydrogen-bond acceptors (Lipinski definition) is 4. The quantitative estimate of drug-likeness (QED) is 0.700. The molecule has 1 unspecified atom stereocenters. The molecule has 2 amide bonds. The van der Waals surface area contributed by atoms with E-state index in [4.69, 9.17) is 5.73 Å². The highest BCUT2D eigenvalue weighted by molar-refractivity contribution is 5.77. The summed E-state index contributed by atoms with van der Waals surface area (Å²) in [5.41, 5.74) is 5.82. The van der Waals surface area contributed by atoms with Crippen LogP contribution in [0.15, 0.2) is 18.2 Å². The van der Waals surface area contributed by atoms with Crippen molar-refractivity contribution in [2.24, 2.45) is 11.7 Å². The summed E-state index contributed by atoms with van der Waals surface area (Å²) in [4.78, 5) is 27.5. The second kappa shape index (κ2) is 10.1. The average Bonchev–Trinajstić information content (AvgIpc) is 2.66.